The molecule has 36 heavy (non-hydrogen) atoms. The van der Waals surface area contributed by atoms with Crippen molar-refractivity contribution in [3.63, 3.8) is 0 Å². The summed E-state index contributed by atoms with van der Waals surface area (Å²) >= 11 is 0. The molecule has 0 saturated heterocycles. The third-order valence-electron chi connectivity index (χ3n) is 7.72. The maximum Gasteiger partial charge on any atom is 0.194 e. The molecular formula is C29H29F7. The lowest BCUT2D eigenvalue weighted by Gasteiger charge is -2.29. The summed E-state index contributed by atoms with van der Waals surface area (Å²) in [5.41, 5.74) is 0.00510. The van der Waals surface area contributed by atoms with Crippen LogP contribution in [0, 0.1) is 40.9 Å². The van der Waals surface area contributed by atoms with Crippen molar-refractivity contribution < 1.29 is 30.7 Å². The van der Waals surface area contributed by atoms with Gasteiger partial charge in [-0.05, 0) is 112 Å². The van der Waals surface area contributed by atoms with Gasteiger partial charge in [-0.2, -0.15) is 0 Å². The minimum atomic E-state index is -1.44. The second-order valence-corrected chi connectivity index (χ2v) is 10.1. The summed E-state index contributed by atoms with van der Waals surface area (Å²) in [6.45, 7) is 0.896. The van der Waals surface area contributed by atoms with Gasteiger partial charge in [0.1, 0.15) is 17.5 Å². The third-order valence-corrected chi connectivity index (χ3v) is 7.72. The molecule has 2 saturated carbocycles. The van der Waals surface area contributed by atoms with Crippen LogP contribution >= 0.6 is 0 Å². The lowest BCUT2D eigenvalue weighted by Crippen LogP contribution is -2.16. The van der Waals surface area contributed by atoms with E-state index in [9.17, 15) is 30.7 Å². The van der Waals surface area contributed by atoms with Crippen molar-refractivity contribution in [1.82, 2.24) is 0 Å². The van der Waals surface area contributed by atoms with E-state index in [-0.39, 0.29) is 17.4 Å². The standard InChI is InChI=1S/C29H29F7/c1-16(30)28(35)22-14-23(31)27(24(32)15-22)20-10-6-18(7-11-20)3-2-17-4-8-19(9-5-17)21-12-25(33)29(36)26(34)13-21/h2-3,12-15,17-20H,4-11H2,1H3/b3-2+,28-16+. The highest BCUT2D eigenvalue weighted by molar-refractivity contribution is 5.61. The Kier molecular flexibility index (Phi) is 8.26. The molecule has 0 nitrogen and oxygen atoms in total. The number of benzene rings is 2. The molecule has 0 spiro atoms. The first kappa shape index (κ1) is 26.5. The molecule has 0 heterocycles. The van der Waals surface area contributed by atoms with Crippen LogP contribution in [0.2, 0.25) is 0 Å². The van der Waals surface area contributed by atoms with Crippen LogP contribution in [0.1, 0.15) is 86.8 Å². The van der Waals surface area contributed by atoms with Crippen molar-refractivity contribution in [2.45, 2.75) is 70.1 Å². The number of hydrogen-bond acceptors (Lipinski definition) is 0. The lowest BCUT2D eigenvalue weighted by atomic mass is 9.76. The maximum atomic E-state index is 14.6. The molecule has 2 aliphatic rings. The molecule has 194 valence electrons. The van der Waals surface area contributed by atoms with Crippen molar-refractivity contribution in [1.29, 1.82) is 0 Å². The molecule has 0 atom stereocenters. The summed E-state index contributed by atoms with van der Waals surface area (Å²) in [5.74, 6) is -7.51. The van der Waals surface area contributed by atoms with Gasteiger partial charge in [0.2, 0.25) is 0 Å². The first-order valence-electron chi connectivity index (χ1n) is 12.5. The van der Waals surface area contributed by atoms with Gasteiger partial charge in [-0.1, -0.05) is 12.2 Å². The molecule has 0 N–H and O–H groups in total. The van der Waals surface area contributed by atoms with Gasteiger partial charge >= 0.3 is 0 Å². The van der Waals surface area contributed by atoms with Crippen LogP contribution in [0.4, 0.5) is 30.7 Å². The predicted octanol–water partition coefficient (Wildman–Crippen LogP) is 9.81. The van der Waals surface area contributed by atoms with E-state index < -0.39 is 46.3 Å². The van der Waals surface area contributed by atoms with Gasteiger partial charge in [-0.25, -0.2) is 30.7 Å². The molecule has 0 radical (unpaired) electrons. The van der Waals surface area contributed by atoms with E-state index in [1.807, 2.05) is 0 Å². The van der Waals surface area contributed by atoms with Crippen LogP contribution in [0.25, 0.3) is 5.83 Å². The van der Waals surface area contributed by atoms with Crippen molar-refractivity contribution in [3.8, 4) is 0 Å². The van der Waals surface area contributed by atoms with Gasteiger partial charge in [-0.3, -0.25) is 0 Å². The Morgan fingerprint density at radius 3 is 1.53 bits per heavy atom. The van der Waals surface area contributed by atoms with Crippen molar-refractivity contribution >= 4 is 5.83 Å². The van der Waals surface area contributed by atoms with Gasteiger partial charge in [0, 0.05) is 11.1 Å². The molecule has 2 aliphatic carbocycles. The minimum absolute atomic E-state index is 0.00338. The highest BCUT2D eigenvalue weighted by Crippen LogP contribution is 2.41. The Bertz CT molecular complexity index is 1100. The van der Waals surface area contributed by atoms with E-state index in [1.165, 1.54) is 0 Å². The molecule has 2 aromatic rings. The first-order chi connectivity index (χ1) is 17.1. The van der Waals surface area contributed by atoms with Crippen molar-refractivity contribution in [3.05, 3.63) is 88.0 Å². The van der Waals surface area contributed by atoms with Gasteiger partial charge < -0.3 is 0 Å². The van der Waals surface area contributed by atoms with Crippen LogP contribution < -0.4 is 0 Å². The fourth-order valence-corrected chi connectivity index (χ4v) is 5.67. The van der Waals surface area contributed by atoms with Crippen LogP contribution in [0.15, 0.2) is 42.2 Å². The van der Waals surface area contributed by atoms with Crippen LogP contribution in [0.5, 0.6) is 0 Å². The Balaban J connectivity index is 1.30. The fourth-order valence-electron chi connectivity index (χ4n) is 5.67. The van der Waals surface area contributed by atoms with Crippen molar-refractivity contribution in [2.75, 3.05) is 0 Å². The van der Waals surface area contributed by atoms with E-state index in [4.69, 9.17) is 0 Å². The monoisotopic (exact) mass is 510 g/mol. The summed E-state index contributed by atoms with van der Waals surface area (Å²) in [6, 6.07) is 3.89. The Morgan fingerprint density at radius 2 is 1.08 bits per heavy atom. The second-order valence-electron chi connectivity index (χ2n) is 10.1. The third kappa shape index (κ3) is 5.87. The van der Waals surface area contributed by atoms with E-state index in [0.717, 1.165) is 69.7 Å². The van der Waals surface area contributed by atoms with E-state index >= 15 is 0 Å². The Labute approximate surface area is 206 Å². The summed E-state index contributed by atoms with van der Waals surface area (Å²) < 4.78 is 96.4. The van der Waals surface area contributed by atoms with Gasteiger partial charge in [0.15, 0.2) is 23.3 Å². The van der Waals surface area contributed by atoms with E-state index in [2.05, 4.69) is 12.2 Å². The first-order valence-corrected chi connectivity index (χ1v) is 12.5. The zero-order valence-electron chi connectivity index (χ0n) is 20.1. The molecule has 0 amide bonds. The lowest BCUT2D eigenvalue weighted by molar-refractivity contribution is 0.350. The summed E-state index contributed by atoms with van der Waals surface area (Å²) in [6.07, 6.45) is 10.3. The molecule has 0 bridgehead atoms. The molecule has 2 fully saturated rings. The quantitative estimate of drug-likeness (QED) is 0.213. The van der Waals surface area contributed by atoms with Crippen molar-refractivity contribution in [2.24, 2.45) is 11.8 Å². The number of hydrogen-bond donors (Lipinski definition) is 0. The Morgan fingerprint density at radius 1 is 0.639 bits per heavy atom. The van der Waals surface area contributed by atoms with Gasteiger partial charge in [0.05, 0.1) is 0 Å². The Hall–Kier alpha value is -2.57. The zero-order valence-corrected chi connectivity index (χ0v) is 20.1. The highest BCUT2D eigenvalue weighted by Gasteiger charge is 2.28. The normalized spacial score (nSPS) is 25.8. The predicted molar refractivity (Wildman–Crippen MR) is 126 cm³/mol. The number of rotatable bonds is 5. The summed E-state index contributed by atoms with van der Waals surface area (Å²) in [5, 5.41) is 0. The summed E-state index contributed by atoms with van der Waals surface area (Å²) in [4.78, 5) is 0. The smallest absolute Gasteiger partial charge is 0.194 e. The van der Waals surface area contributed by atoms with Gasteiger partial charge in [-0.15, -0.1) is 0 Å². The SMILES string of the molecule is C/C(F)=C(\F)c1cc(F)c(C2CCC(/C=C/C3CCC(c4cc(F)c(F)c(F)c4)CC3)CC2)c(F)c1. The fraction of sp³-hybridized carbons (Fsp3) is 0.448. The highest BCUT2D eigenvalue weighted by atomic mass is 19.2. The average Bonchev–Trinajstić information content (AvgIpc) is 2.85. The summed E-state index contributed by atoms with van der Waals surface area (Å²) in [7, 11) is 0. The minimum Gasteiger partial charge on any atom is -0.209 e. The molecule has 0 aliphatic heterocycles. The molecule has 7 heteroatoms. The largest absolute Gasteiger partial charge is 0.209 e. The number of halogens is 7. The molecular weight excluding hydrogens is 481 g/mol. The van der Waals surface area contributed by atoms with Crippen LogP contribution in [-0.2, 0) is 0 Å². The molecule has 2 aromatic carbocycles. The zero-order chi connectivity index (χ0) is 26.0. The van der Waals surface area contributed by atoms with Gasteiger partial charge in [0.25, 0.3) is 0 Å². The average molecular weight is 511 g/mol. The molecule has 4 rings (SSSR count). The van der Waals surface area contributed by atoms with Crippen LogP contribution in [0.3, 0.4) is 0 Å². The molecule has 0 unspecified atom stereocenters. The maximum absolute atomic E-state index is 14.6. The topological polar surface area (TPSA) is 0 Å². The molecule has 0 aromatic heterocycles. The van der Waals surface area contributed by atoms with E-state index in [1.54, 1.807) is 0 Å². The van der Waals surface area contributed by atoms with E-state index in [0.29, 0.717) is 30.2 Å². The van der Waals surface area contributed by atoms with Crippen LogP contribution in [-0.4, -0.2) is 0 Å². The number of allylic oxidation sites excluding steroid dienone is 3. The second kappa shape index (κ2) is 11.2.